The van der Waals surface area contributed by atoms with Crippen molar-refractivity contribution in [3.05, 3.63) is 77.9 Å². The first-order chi connectivity index (χ1) is 11.7. The van der Waals surface area contributed by atoms with Gasteiger partial charge in [0.1, 0.15) is 11.6 Å². The molecule has 0 spiro atoms. The van der Waals surface area contributed by atoms with Crippen molar-refractivity contribution >= 4 is 16.6 Å². The molecule has 0 amide bonds. The van der Waals surface area contributed by atoms with Crippen molar-refractivity contribution in [1.82, 2.24) is 4.90 Å². The largest absolute Gasteiger partial charge is 0.496 e. The first kappa shape index (κ1) is 16.1. The molecule has 1 N–H and O–H groups in total. The van der Waals surface area contributed by atoms with Crippen molar-refractivity contribution in [3.63, 3.8) is 0 Å². The van der Waals surface area contributed by atoms with E-state index in [-0.39, 0.29) is 0 Å². The second-order valence-electron chi connectivity index (χ2n) is 5.71. The summed E-state index contributed by atoms with van der Waals surface area (Å²) in [5.74, 6) is 1.38. The maximum absolute atomic E-state index is 8.73. The fourth-order valence-corrected chi connectivity index (χ4v) is 2.98. The molecule has 0 aliphatic heterocycles. The zero-order chi connectivity index (χ0) is 16.9. The van der Waals surface area contributed by atoms with Crippen LogP contribution in [0.4, 0.5) is 0 Å². The quantitative estimate of drug-likeness (QED) is 0.547. The summed E-state index contributed by atoms with van der Waals surface area (Å²) in [4.78, 5) is 2.09. The summed E-state index contributed by atoms with van der Waals surface area (Å²) in [5.41, 5.74) is 2.14. The Bertz CT molecular complexity index is 843. The van der Waals surface area contributed by atoms with Gasteiger partial charge in [-0.3, -0.25) is 5.41 Å². The first-order valence-corrected chi connectivity index (χ1v) is 8.18. The molecule has 122 valence electrons. The molecule has 3 rings (SSSR count). The van der Waals surface area contributed by atoms with E-state index in [0.29, 0.717) is 5.84 Å². The van der Waals surface area contributed by atoms with Gasteiger partial charge in [-0.25, -0.2) is 0 Å². The zero-order valence-electron chi connectivity index (χ0n) is 14.1. The van der Waals surface area contributed by atoms with Crippen molar-refractivity contribution in [2.45, 2.75) is 13.5 Å². The van der Waals surface area contributed by atoms with Crippen LogP contribution < -0.4 is 4.74 Å². The van der Waals surface area contributed by atoms with Crippen LogP contribution in [0.5, 0.6) is 5.75 Å². The predicted molar refractivity (Wildman–Crippen MR) is 99.9 cm³/mol. The summed E-state index contributed by atoms with van der Waals surface area (Å²) in [6, 6.07) is 22.3. The Morgan fingerprint density at radius 2 is 1.58 bits per heavy atom. The van der Waals surface area contributed by atoms with E-state index < -0.39 is 0 Å². The summed E-state index contributed by atoms with van der Waals surface area (Å²) in [5, 5.41) is 10.8. The highest BCUT2D eigenvalue weighted by Gasteiger charge is 2.15. The van der Waals surface area contributed by atoms with Gasteiger partial charge < -0.3 is 9.64 Å². The molecule has 0 saturated heterocycles. The third-order valence-electron chi connectivity index (χ3n) is 4.27. The lowest BCUT2D eigenvalue weighted by Crippen LogP contribution is -2.30. The summed E-state index contributed by atoms with van der Waals surface area (Å²) < 4.78 is 5.46. The predicted octanol–water partition coefficient (Wildman–Crippen LogP) is 4.70. The lowest BCUT2D eigenvalue weighted by atomic mass is 10.0. The summed E-state index contributed by atoms with van der Waals surface area (Å²) in [6.45, 7) is 3.60. The van der Waals surface area contributed by atoms with Gasteiger partial charge in [0.25, 0.3) is 0 Å². The van der Waals surface area contributed by atoms with Crippen LogP contribution in [0.2, 0.25) is 0 Å². The van der Waals surface area contributed by atoms with E-state index in [1.54, 1.807) is 7.11 Å². The van der Waals surface area contributed by atoms with Gasteiger partial charge >= 0.3 is 0 Å². The van der Waals surface area contributed by atoms with Gasteiger partial charge in [-0.2, -0.15) is 0 Å². The SMILES string of the molecule is CCN(Cc1ccccc1)C(=N)c1ccc(OC)c2ccccc12. The van der Waals surface area contributed by atoms with E-state index in [2.05, 4.69) is 30.0 Å². The lowest BCUT2D eigenvalue weighted by Gasteiger charge is -2.25. The third-order valence-corrected chi connectivity index (χ3v) is 4.27. The number of methoxy groups -OCH3 is 1. The molecule has 0 bridgehead atoms. The molecular formula is C21H22N2O. The first-order valence-electron chi connectivity index (χ1n) is 8.18. The number of nitrogens with one attached hydrogen (secondary N) is 1. The molecule has 0 saturated carbocycles. The van der Waals surface area contributed by atoms with Crippen LogP contribution >= 0.6 is 0 Å². The Balaban J connectivity index is 1.98. The number of ether oxygens (including phenoxy) is 1. The minimum Gasteiger partial charge on any atom is -0.496 e. The minimum absolute atomic E-state index is 0.542. The van der Waals surface area contributed by atoms with Crippen LogP contribution in [0.15, 0.2) is 66.7 Å². The molecule has 24 heavy (non-hydrogen) atoms. The van der Waals surface area contributed by atoms with Crippen LogP contribution in [0.3, 0.4) is 0 Å². The van der Waals surface area contributed by atoms with Gasteiger partial charge in [-0.15, -0.1) is 0 Å². The number of hydrogen-bond donors (Lipinski definition) is 1. The molecule has 0 aliphatic rings. The molecule has 0 fully saturated rings. The standard InChI is InChI=1S/C21H22N2O/c1-3-23(15-16-9-5-4-6-10-16)21(22)19-13-14-20(24-2)18-12-8-7-11-17(18)19/h4-14,22H,3,15H2,1-2H3. The van der Waals surface area contributed by atoms with Crippen molar-refractivity contribution < 1.29 is 4.74 Å². The van der Waals surface area contributed by atoms with Gasteiger partial charge in [0, 0.05) is 24.0 Å². The van der Waals surface area contributed by atoms with E-state index in [4.69, 9.17) is 10.1 Å². The number of amidine groups is 1. The molecule has 0 aliphatic carbocycles. The zero-order valence-corrected chi connectivity index (χ0v) is 14.1. The monoisotopic (exact) mass is 318 g/mol. The lowest BCUT2D eigenvalue weighted by molar-refractivity contribution is 0.419. The summed E-state index contributed by atoms with van der Waals surface area (Å²) in [6.07, 6.45) is 0. The second-order valence-corrected chi connectivity index (χ2v) is 5.71. The number of hydrogen-bond acceptors (Lipinski definition) is 2. The average Bonchev–Trinajstić information content (AvgIpc) is 2.65. The molecule has 0 radical (unpaired) electrons. The molecule has 3 heteroatoms. The normalized spacial score (nSPS) is 10.6. The van der Waals surface area contributed by atoms with Crippen LogP contribution in [-0.4, -0.2) is 24.4 Å². The Morgan fingerprint density at radius 3 is 2.25 bits per heavy atom. The fourth-order valence-electron chi connectivity index (χ4n) is 2.98. The van der Waals surface area contributed by atoms with Crippen molar-refractivity contribution in [3.8, 4) is 5.75 Å². The number of rotatable bonds is 5. The fraction of sp³-hybridized carbons (Fsp3) is 0.190. The molecule has 3 nitrogen and oxygen atoms in total. The van der Waals surface area contributed by atoms with Crippen LogP contribution in [0.1, 0.15) is 18.1 Å². The van der Waals surface area contributed by atoms with Gasteiger partial charge in [0.15, 0.2) is 0 Å². The molecule has 0 unspecified atom stereocenters. The molecule has 0 aromatic heterocycles. The Hall–Kier alpha value is -2.81. The number of fused-ring (bicyclic) bond motifs is 1. The summed E-state index contributed by atoms with van der Waals surface area (Å²) >= 11 is 0. The number of benzene rings is 3. The maximum Gasteiger partial charge on any atom is 0.128 e. The van der Waals surface area contributed by atoms with Gasteiger partial charge in [-0.05, 0) is 30.0 Å². The highest BCUT2D eigenvalue weighted by molar-refractivity contribution is 6.09. The van der Waals surface area contributed by atoms with Crippen molar-refractivity contribution in [2.75, 3.05) is 13.7 Å². The van der Waals surface area contributed by atoms with E-state index in [9.17, 15) is 0 Å². The van der Waals surface area contributed by atoms with Gasteiger partial charge in [0.2, 0.25) is 0 Å². The average molecular weight is 318 g/mol. The van der Waals surface area contributed by atoms with E-state index >= 15 is 0 Å². The maximum atomic E-state index is 8.73. The van der Waals surface area contributed by atoms with Crippen LogP contribution in [0.25, 0.3) is 10.8 Å². The van der Waals surface area contributed by atoms with Crippen LogP contribution in [0, 0.1) is 5.41 Å². The Kier molecular flexibility index (Phi) is 4.80. The molecule has 0 heterocycles. The molecule has 0 atom stereocenters. The Morgan fingerprint density at radius 1 is 0.917 bits per heavy atom. The number of nitrogens with zero attached hydrogens (tertiary/aromatic N) is 1. The minimum atomic E-state index is 0.542. The highest BCUT2D eigenvalue weighted by Crippen LogP contribution is 2.29. The second kappa shape index (κ2) is 7.18. The Labute approximate surface area is 143 Å². The van der Waals surface area contributed by atoms with Crippen molar-refractivity contribution in [2.24, 2.45) is 0 Å². The van der Waals surface area contributed by atoms with E-state index in [1.807, 2.05) is 48.5 Å². The molecule has 3 aromatic carbocycles. The van der Waals surface area contributed by atoms with Gasteiger partial charge in [0.05, 0.1) is 7.11 Å². The van der Waals surface area contributed by atoms with Crippen molar-refractivity contribution in [1.29, 1.82) is 5.41 Å². The molecule has 3 aromatic rings. The highest BCUT2D eigenvalue weighted by atomic mass is 16.5. The summed E-state index contributed by atoms with van der Waals surface area (Å²) in [7, 11) is 1.68. The smallest absolute Gasteiger partial charge is 0.128 e. The van der Waals surface area contributed by atoms with Crippen LogP contribution in [-0.2, 0) is 6.54 Å². The topological polar surface area (TPSA) is 36.3 Å². The third kappa shape index (κ3) is 3.11. The van der Waals surface area contributed by atoms with Gasteiger partial charge in [-0.1, -0.05) is 54.6 Å². The molecular weight excluding hydrogens is 296 g/mol. The van der Waals surface area contributed by atoms with E-state index in [0.717, 1.165) is 35.2 Å². The van der Waals surface area contributed by atoms with E-state index in [1.165, 1.54) is 5.56 Å².